The van der Waals surface area contributed by atoms with Crippen molar-refractivity contribution in [1.82, 2.24) is 9.88 Å². The first-order valence-corrected chi connectivity index (χ1v) is 19.4. The second kappa shape index (κ2) is 15.6. The monoisotopic (exact) mass is 756 g/mol. The third-order valence-electron chi connectivity index (χ3n) is 11.7. The molecule has 1 N–H and O–H groups in total. The molecule has 3 aliphatic carbocycles. The van der Waals surface area contributed by atoms with Crippen LogP contribution in [0.3, 0.4) is 0 Å². The van der Waals surface area contributed by atoms with E-state index in [0.717, 1.165) is 12.8 Å². The number of rotatable bonds is 17. The quantitative estimate of drug-likeness (QED) is 0.139. The molecule has 1 amide bonds. The van der Waals surface area contributed by atoms with Crippen molar-refractivity contribution in [2.24, 2.45) is 34.5 Å². The van der Waals surface area contributed by atoms with Gasteiger partial charge < -0.3 is 33.7 Å². The van der Waals surface area contributed by atoms with Crippen molar-refractivity contribution >= 4 is 46.1 Å². The number of hydrogen-bond donors (Lipinski definition) is 1. The van der Waals surface area contributed by atoms with Gasteiger partial charge in [-0.05, 0) is 67.9 Å². The van der Waals surface area contributed by atoms with E-state index >= 15 is 0 Å². The molecule has 1 saturated heterocycles. The maximum atomic E-state index is 14.6. The molecule has 4 aliphatic rings. The minimum Gasteiger partial charge on any atom is -0.490 e. The third-order valence-corrected chi connectivity index (χ3v) is 12.1. The van der Waals surface area contributed by atoms with Crippen LogP contribution in [0.1, 0.15) is 86.0 Å². The van der Waals surface area contributed by atoms with Gasteiger partial charge in [-0.1, -0.05) is 45.7 Å². The molecule has 8 atom stereocenters. The number of ether oxygens (including phenoxy) is 5. The van der Waals surface area contributed by atoms with Crippen LogP contribution in [0.15, 0.2) is 18.2 Å². The summed E-state index contributed by atoms with van der Waals surface area (Å²) in [5, 5.41) is 11.0. The van der Waals surface area contributed by atoms with Crippen LogP contribution in [-0.4, -0.2) is 90.3 Å². The molecule has 1 aromatic heterocycles. The number of Topliss-reactive ketones (excluding diaryl/α,β-unsaturated/α-hetero) is 1. The number of aliphatic carboxylic acids is 1. The molecule has 12 nitrogen and oxygen atoms in total. The second-order valence-corrected chi connectivity index (χ2v) is 16.7. The molecule has 0 spiro atoms. The van der Waals surface area contributed by atoms with Gasteiger partial charge in [-0.15, -0.1) is 0 Å². The molecule has 13 heteroatoms. The van der Waals surface area contributed by atoms with E-state index in [1.54, 1.807) is 25.3 Å². The Morgan fingerprint density at radius 3 is 2.38 bits per heavy atom. The topological polar surface area (TPSA) is 151 Å². The summed E-state index contributed by atoms with van der Waals surface area (Å²) in [7, 11) is 1.58. The Morgan fingerprint density at radius 1 is 1.02 bits per heavy atom. The number of nitrogens with zero attached hydrogens (tertiary/aromatic N) is 2. The first kappa shape index (κ1) is 39.1. The Labute approximate surface area is 316 Å². The van der Waals surface area contributed by atoms with Gasteiger partial charge in [0, 0.05) is 31.4 Å². The predicted octanol–water partition coefficient (Wildman–Crippen LogP) is 6.51. The van der Waals surface area contributed by atoms with Gasteiger partial charge >= 0.3 is 11.9 Å². The summed E-state index contributed by atoms with van der Waals surface area (Å²) in [4.78, 5) is 60.7. The van der Waals surface area contributed by atoms with Crippen LogP contribution in [-0.2, 0) is 28.7 Å². The third kappa shape index (κ3) is 8.38. The van der Waals surface area contributed by atoms with Crippen LogP contribution in [0.2, 0.25) is 5.02 Å². The van der Waals surface area contributed by atoms with Crippen LogP contribution in [0.25, 0.3) is 10.9 Å². The lowest BCUT2D eigenvalue weighted by atomic mass is 9.77. The molecular formula is C40H53ClN2O10. The number of aromatic nitrogens is 1. The molecule has 0 bridgehead atoms. The number of halogens is 1. The second-order valence-electron chi connectivity index (χ2n) is 16.4. The largest absolute Gasteiger partial charge is 0.490 e. The minimum atomic E-state index is -1.14. The van der Waals surface area contributed by atoms with Crippen molar-refractivity contribution < 1.29 is 48.0 Å². The lowest BCUT2D eigenvalue weighted by molar-refractivity contribution is -0.157. The average Bonchev–Trinajstić information content (AvgIpc) is 3.91. The van der Waals surface area contributed by atoms with E-state index in [2.05, 4.69) is 4.98 Å². The summed E-state index contributed by atoms with van der Waals surface area (Å²) >= 11 is 6.79. The summed E-state index contributed by atoms with van der Waals surface area (Å²) < 4.78 is 29.1. The number of likely N-dealkylation sites (tertiary alicyclic amines) is 1. The van der Waals surface area contributed by atoms with E-state index in [4.69, 9.17) is 35.3 Å². The fraction of sp³-hybridized carbons (Fsp3) is 0.675. The Hall–Kier alpha value is -3.64. The van der Waals surface area contributed by atoms with Crippen LogP contribution in [0.5, 0.6) is 17.4 Å². The zero-order valence-electron chi connectivity index (χ0n) is 31.7. The van der Waals surface area contributed by atoms with Crippen molar-refractivity contribution in [2.45, 2.75) is 104 Å². The number of esters is 1. The molecule has 53 heavy (non-hydrogen) atoms. The van der Waals surface area contributed by atoms with Crippen LogP contribution in [0.4, 0.5) is 0 Å². The number of carbonyl (C=O) groups excluding carboxylic acids is 3. The van der Waals surface area contributed by atoms with Gasteiger partial charge in [-0.2, -0.15) is 0 Å². The average molecular weight is 757 g/mol. The van der Waals surface area contributed by atoms with Crippen molar-refractivity contribution in [3.8, 4) is 17.4 Å². The molecule has 6 rings (SSSR count). The number of fused-ring (bicyclic) bond motifs is 2. The van der Waals surface area contributed by atoms with Crippen molar-refractivity contribution in [1.29, 1.82) is 0 Å². The molecule has 3 saturated carbocycles. The highest BCUT2D eigenvalue weighted by atomic mass is 35.5. The first-order chi connectivity index (χ1) is 25.2. The van der Waals surface area contributed by atoms with Gasteiger partial charge in [-0.3, -0.25) is 19.2 Å². The highest BCUT2D eigenvalue weighted by Crippen LogP contribution is 2.58. The summed E-state index contributed by atoms with van der Waals surface area (Å²) in [6.45, 7) is 10.5. The van der Waals surface area contributed by atoms with E-state index < -0.39 is 40.8 Å². The first-order valence-electron chi connectivity index (χ1n) is 19.0. The van der Waals surface area contributed by atoms with Crippen molar-refractivity contribution in [3.05, 3.63) is 23.2 Å². The number of benzene rings is 1. The zero-order chi connectivity index (χ0) is 38.2. The lowest BCUT2D eigenvalue weighted by Gasteiger charge is -2.35. The summed E-state index contributed by atoms with van der Waals surface area (Å²) in [6.07, 6.45) is 3.10. The highest BCUT2D eigenvalue weighted by molar-refractivity contribution is 6.36. The maximum Gasteiger partial charge on any atom is 0.310 e. The number of carboxylic acids is 1. The van der Waals surface area contributed by atoms with E-state index in [1.807, 2.05) is 34.6 Å². The summed E-state index contributed by atoms with van der Waals surface area (Å²) in [6, 6.07) is 4.23. The molecule has 290 valence electrons. The zero-order valence-corrected chi connectivity index (χ0v) is 32.4. The SMILES string of the molecule is CCOc1cc(O[C@@H]2C[C@@H](C(=O)C[C@]3(C(=O)O)C[C@H]3CC)N(C(=O)[C@@H](CC(=O)OC3C[C@@H]4C[C@@H]4C3)C(C)(C)C)C2)c2ccc(OCCOC)c(Cl)c2n1. The Balaban J connectivity index is 1.28. The summed E-state index contributed by atoms with van der Waals surface area (Å²) in [5.74, 6) is -0.582. The fourth-order valence-electron chi connectivity index (χ4n) is 8.48. The molecular weight excluding hydrogens is 704 g/mol. The Morgan fingerprint density at radius 2 is 1.75 bits per heavy atom. The van der Waals surface area contributed by atoms with E-state index in [9.17, 15) is 24.3 Å². The van der Waals surface area contributed by atoms with E-state index in [1.165, 1.54) is 11.3 Å². The molecule has 1 unspecified atom stereocenters. The number of pyridine rings is 1. The van der Waals surface area contributed by atoms with Gasteiger partial charge in [0.25, 0.3) is 0 Å². The Bertz CT molecular complexity index is 1720. The van der Waals surface area contributed by atoms with Crippen LogP contribution >= 0.6 is 11.6 Å². The number of hydrogen-bond acceptors (Lipinski definition) is 10. The number of ketones is 1. The number of methoxy groups -OCH3 is 1. The normalized spacial score (nSPS) is 27.9. The lowest BCUT2D eigenvalue weighted by Crippen LogP contribution is -2.48. The minimum absolute atomic E-state index is 0.0554. The standard InChI is InChI=1S/C40H53ClN2O10/c1-7-24-19-40(24,38(47)48)20-30(44)29-16-26(21-43(29)37(46)28(39(3,4)5)17-34(45)53-25-14-22-13-23(22)15-25)52-32-18-33(50-8-2)42-36-27(32)9-10-31(35(36)41)51-12-11-49-6/h9-10,18,22-26,28-29H,7-8,11-17,19-21H2,1-6H3,(H,47,48)/t22-,23+,24-,25?,26-,28-,29+,40-/m1/s1. The highest BCUT2D eigenvalue weighted by Gasteiger charge is 2.61. The van der Waals surface area contributed by atoms with Gasteiger partial charge in [0.05, 0.1) is 43.6 Å². The smallest absolute Gasteiger partial charge is 0.310 e. The number of amides is 1. The van der Waals surface area contributed by atoms with Gasteiger partial charge in [0.15, 0.2) is 5.78 Å². The van der Waals surface area contributed by atoms with E-state index in [-0.39, 0.29) is 67.0 Å². The van der Waals surface area contributed by atoms with Crippen molar-refractivity contribution in [3.63, 3.8) is 0 Å². The van der Waals surface area contributed by atoms with Gasteiger partial charge in [0.1, 0.15) is 40.9 Å². The molecule has 1 aliphatic heterocycles. The number of carboxylic acid groups (broad SMARTS) is 1. The van der Waals surface area contributed by atoms with Crippen LogP contribution < -0.4 is 14.2 Å². The van der Waals surface area contributed by atoms with Gasteiger partial charge in [0.2, 0.25) is 11.8 Å². The molecule has 2 aromatic rings. The molecule has 1 aromatic carbocycles. The van der Waals surface area contributed by atoms with Gasteiger partial charge in [-0.25, -0.2) is 4.98 Å². The molecule has 0 radical (unpaired) electrons. The van der Waals surface area contributed by atoms with Crippen molar-refractivity contribution in [2.75, 3.05) is 33.5 Å². The number of carbonyl (C=O) groups is 4. The summed E-state index contributed by atoms with van der Waals surface area (Å²) in [5.41, 5.74) is -1.38. The maximum absolute atomic E-state index is 14.6. The van der Waals surface area contributed by atoms with E-state index in [0.29, 0.717) is 60.3 Å². The molecule has 4 fully saturated rings. The van der Waals surface area contributed by atoms with Crippen LogP contribution in [0, 0.1) is 34.5 Å². The predicted molar refractivity (Wildman–Crippen MR) is 196 cm³/mol. The molecule has 2 heterocycles. The Kier molecular flexibility index (Phi) is 11.5. The fourth-order valence-corrected chi connectivity index (χ4v) is 8.74.